The van der Waals surface area contributed by atoms with E-state index in [4.69, 9.17) is 5.73 Å². The van der Waals surface area contributed by atoms with Crippen LogP contribution < -0.4 is 15.8 Å². The third-order valence-corrected chi connectivity index (χ3v) is 4.80. The molecule has 112 valence electrons. The Kier molecular flexibility index (Phi) is 4.64. The van der Waals surface area contributed by atoms with E-state index >= 15 is 0 Å². The maximum atomic E-state index is 12.3. The van der Waals surface area contributed by atoms with E-state index in [2.05, 4.69) is 10.0 Å². The van der Waals surface area contributed by atoms with E-state index in [-0.39, 0.29) is 10.9 Å². The predicted octanol–water partition coefficient (Wildman–Crippen LogP) is 0.247. The lowest BCUT2D eigenvalue weighted by molar-refractivity contribution is 0.168. The van der Waals surface area contributed by atoms with Gasteiger partial charge in [-0.3, -0.25) is 0 Å². The van der Waals surface area contributed by atoms with Gasteiger partial charge in [-0.15, -0.1) is 0 Å². The molecular formula is C13H21N3O3S. The fourth-order valence-electron chi connectivity index (χ4n) is 1.73. The van der Waals surface area contributed by atoms with Gasteiger partial charge >= 0.3 is 0 Å². The maximum Gasteiger partial charge on any atom is 0.242 e. The number of para-hydroxylation sites is 1. The molecule has 0 spiro atoms. The first-order valence-corrected chi connectivity index (χ1v) is 8.17. The molecule has 7 heteroatoms. The summed E-state index contributed by atoms with van der Waals surface area (Å²) >= 11 is 0. The molecule has 0 amide bonds. The smallest absolute Gasteiger partial charge is 0.242 e. The highest BCUT2D eigenvalue weighted by Gasteiger charge is 2.29. The molecule has 1 aromatic rings. The van der Waals surface area contributed by atoms with Gasteiger partial charge in [0.2, 0.25) is 10.0 Å². The van der Waals surface area contributed by atoms with E-state index in [1.807, 2.05) is 0 Å². The molecule has 0 aliphatic heterocycles. The topological polar surface area (TPSA) is 104 Å². The first-order chi connectivity index (χ1) is 9.40. The molecular weight excluding hydrogens is 278 g/mol. The number of nitrogens with two attached hydrogens (primary N) is 1. The molecule has 1 aromatic carbocycles. The SMILES string of the molecule is CC(O)C(N)CNc1ccccc1S(=O)(=O)NC1CC1. The van der Waals surface area contributed by atoms with Gasteiger partial charge in [0.1, 0.15) is 4.90 Å². The number of sulfonamides is 1. The Labute approximate surface area is 119 Å². The molecule has 1 fully saturated rings. The van der Waals surface area contributed by atoms with Crippen molar-refractivity contribution >= 4 is 15.7 Å². The number of hydrogen-bond acceptors (Lipinski definition) is 5. The van der Waals surface area contributed by atoms with Crippen LogP contribution in [0.3, 0.4) is 0 Å². The second-order valence-corrected chi connectivity index (χ2v) is 6.86. The Morgan fingerprint density at radius 3 is 2.65 bits per heavy atom. The highest BCUT2D eigenvalue weighted by Crippen LogP contribution is 2.25. The minimum absolute atomic E-state index is 0.0628. The fourth-order valence-corrected chi connectivity index (χ4v) is 3.22. The van der Waals surface area contributed by atoms with Crippen LogP contribution in [0.25, 0.3) is 0 Å². The second kappa shape index (κ2) is 6.09. The lowest BCUT2D eigenvalue weighted by atomic mass is 10.2. The zero-order valence-corrected chi connectivity index (χ0v) is 12.2. The summed E-state index contributed by atoms with van der Waals surface area (Å²) in [7, 11) is -3.51. The van der Waals surface area contributed by atoms with Crippen molar-refractivity contribution in [3.8, 4) is 0 Å². The molecule has 0 heterocycles. The lowest BCUT2D eigenvalue weighted by Crippen LogP contribution is -2.39. The largest absolute Gasteiger partial charge is 0.392 e. The van der Waals surface area contributed by atoms with Crippen LogP contribution in [0.2, 0.25) is 0 Å². The van der Waals surface area contributed by atoms with E-state index in [9.17, 15) is 13.5 Å². The van der Waals surface area contributed by atoms with Gasteiger partial charge in [0.05, 0.1) is 11.8 Å². The summed E-state index contributed by atoms with van der Waals surface area (Å²) in [6, 6.07) is 6.29. The van der Waals surface area contributed by atoms with Crippen molar-refractivity contribution in [2.24, 2.45) is 5.73 Å². The molecule has 6 nitrogen and oxygen atoms in total. The summed E-state index contributed by atoms with van der Waals surface area (Å²) < 4.78 is 27.1. The summed E-state index contributed by atoms with van der Waals surface area (Å²) in [6.07, 6.45) is 1.12. The zero-order chi connectivity index (χ0) is 14.8. The van der Waals surface area contributed by atoms with E-state index < -0.39 is 22.2 Å². The second-order valence-electron chi connectivity index (χ2n) is 5.18. The van der Waals surface area contributed by atoms with Crippen molar-refractivity contribution in [1.82, 2.24) is 4.72 Å². The van der Waals surface area contributed by atoms with Gasteiger partial charge in [0.25, 0.3) is 0 Å². The molecule has 2 atom stereocenters. The molecule has 20 heavy (non-hydrogen) atoms. The van der Waals surface area contributed by atoms with Crippen molar-refractivity contribution in [3.05, 3.63) is 24.3 Å². The molecule has 1 saturated carbocycles. The Balaban J connectivity index is 2.13. The summed E-state index contributed by atoms with van der Waals surface area (Å²) in [4.78, 5) is 0.213. The highest BCUT2D eigenvalue weighted by atomic mass is 32.2. The summed E-state index contributed by atoms with van der Waals surface area (Å²) in [6.45, 7) is 1.90. The minimum atomic E-state index is -3.51. The van der Waals surface area contributed by atoms with Crippen molar-refractivity contribution in [3.63, 3.8) is 0 Å². The van der Waals surface area contributed by atoms with Gasteiger partial charge in [-0.05, 0) is 31.9 Å². The first-order valence-electron chi connectivity index (χ1n) is 6.69. The maximum absolute atomic E-state index is 12.3. The summed E-state index contributed by atoms with van der Waals surface area (Å²) in [5, 5.41) is 12.3. The molecule has 2 unspecified atom stereocenters. The zero-order valence-electron chi connectivity index (χ0n) is 11.4. The van der Waals surface area contributed by atoms with Gasteiger partial charge < -0.3 is 16.2 Å². The third kappa shape index (κ3) is 3.92. The number of nitrogens with one attached hydrogen (secondary N) is 2. The minimum Gasteiger partial charge on any atom is -0.392 e. The average Bonchev–Trinajstić information content (AvgIpc) is 3.19. The Morgan fingerprint density at radius 2 is 2.05 bits per heavy atom. The summed E-state index contributed by atoms with van der Waals surface area (Å²) in [5.41, 5.74) is 6.23. The molecule has 1 aliphatic rings. The number of hydrogen-bond donors (Lipinski definition) is 4. The highest BCUT2D eigenvalue weighted by molar-refractivity contribution is 7.89. The van der Waals surface area contributed by atoms with Gasteiger partial charge in [0.15, 0.2) is 0 Å². The van der Waals surface area contributed by atoms with Gasteiger partial charge in [-0.25, -0.2) is 13.1 Å². The monoisotopic (exact) mass is 299 g/mol. The normalized spacial score (nSPS) is 18.6. The van der Waals surface area contributed by atoms with Crippen molar-refractivity contribution in [2.75, 3.05) is 11.9 Å². The van der Waals surface area contributed by atoms with Crippen molar-refractivity contribution in [1.29, 1.82) is 0 Å². The van der Waals surface area contributed by atoms with E-state index in [0.29, 0.717) is 12.2 Å². The quantitative estimate of drug-likeness (QED) is 0.577. The number of rotatable bonds is 7. The molecule has 0 bridgehead atoms. The van der Waals surface area contributed by atoms with Gasteiger partial charge in [-0.2, -0.15) is 0 Å². The number of aliphatic hydroxyl groups is 1. The Morgan fingerprint density at radius 1 is 1.40 bits per heavy atom. The van der Waals surface area contributed by atoms with Crippen LogP contribution in [-0.4, -0.2) is 38.3 Å². The standard InChI is InChI=1S/C13H21N3O3S/c1-9(17)11(14)8-15-12-4-2-3-5-13(12)20(18,19)16-10-6-7-10/h2-5,9-11,15-17H,6-8,14H2,1H3. The summed E-state index contributed by atoms with van der Waals surface area (Å²) in [5.74, 6) is 0. The van der Waals surface area contributed by atoms with Crippen LogP contribution in [0.5, 0.6) is 0 Å². The molecule has 2 rings (SSSR count). The molecule has 0 radical (unpaired) electrons. The number of aliphatic hydroxyl groups excluding tert-OH is 1. The van der Waals surface area contributed by atoms with Crippen LogP contribution in [0.1, 0.15) is 19.8 Å². The van der Waals surface area contributed by atoms with E-state index in [1.165, 1.54) is 0 Å². The van der Waals surface area contributed by atoms with E-state index in [1.54, 1.807) is 31.2 Å². The molecule has 5 N–H and O–H groups in total. The van der Waals surface area contributed by atoms with Gasteiger partial charge in [-0.1, -0.05) is 12.1 Å². The fraction of sp³-hybridized carbons (Fsp3) is 0.538. The van der Waals surface area contributed by atoms with Crippen molar-refractivity contribution in [2.45, 2.75) is 42.8 Å². The van der Waals surface area contributed by atoms with Crippen molar-refractivity contribution < 1.29 is 13.5 Å². The number of anilines is 1. The van der Waals surface area contributed by atoms with Crippen LogP contribution in [0.15, 0.2) is 29.2 Å². The molecule has 1 aliphatic carbocycles. The third-order valence-electron chi connectivity index (χ3n) is 3.22. The average molecular weight is 299 g/mol. The van der Waals surface area contributed by atoms with Crippen LogP contribution in [-0.2, 0) is 10.0 Å². The van der Waals surface area contributed by atoms with Crippen LogP contribution in [0.4, 0.5) is 5.69 Å². The lowest BCUT2D eigenvalue weighted by Gasteiger charge is -2.18. The molecule has 0 aromatic heterocycles. The first kappa shape index (κ1) is 15.2. The van der Waals surface area contributed by atoms with E-state index in [0.717, 1.165) is 12.8 Å². The number of benzene rings is 1. The van der Waals surface area contributed by atoms with Crippen LogP contribution in [0, 0.1) is 0 Å². The Bertz CT molecular complexity index is 556. The van der Waals surface area contributed by atoms with Gasteiger partial charge in [0, 0.05) is 18.6 Å². The van der Waals surface area contributed by atoms with Crippen LogP contribution >= 0.6 is 0 Å². The Hall–Kier alpha value is -1.15. The molecule has 0 saturated heterocycles. The predicted molar refractivity (Wildman–Crippen MR) is 77.9 cm³/mol.